The van der Waals surface area contributed by atoms with Crippen LogP contribution in [0, 0.1) is 18.7 Å². The van der Waals surface area contributed by atoms with Gasteiger partial charge in [0.1, 0.15) is 5.82 Å². The maximum Gasteiger partial charge on any atom is 0.258 e. The van der Waals surface area contributed by atoms with Crippen molar-refractivity contribution in [2.75, 3.05) is 22.5 Å². The monoisotopic (exact) mass is 391 g/mol. The molecule has 0 aliphatic heterocycles. The molecule has 0 spiro atoms. The van der Waals surface area contributed by atoms with Crippen molar-refractivity contribution in [3.05, 3.63) is 71.8 Å². The lowest BCUT2D eigenvalue weighted by Gasteiger charge is -2.14. The maximum atomic E-state index is 13.1. The van der Waals surface area contributed by atoms with E-state index in [2.05, 4.69) is 25.9 Å². The minimum absolute atomic E-state index is 0.301. The highest BCUT2D eigenvalue weighted by Crippen LogP contribution is 2.29. The predicted octanol–water partition coefficient (Wildman–Crippen LogP) is 4.74. The van der Waals surface area contributed by atoms with Gasteiger partial charge in [-0.25, -0.2) is 14.4 Å². The van der Waals surface area contributed by atoms with Crippen molar-refractivity contribution in [2.45, 2.75) is 19.8 Å². The van der Waals surface area contributed by atoms with Crippen LogP contribution in [0.1, 0.15) is 28.8 Å². The molecule has 1 aliphatic rings. The molecule has 1 heterocycles. The van der Waals surface area contributed by atoms with E-state index in [1.165, 1.54) is 37.4 Å². The van der Waals surface area contributed by atoms with Crippen LogP contribution in [-0.2, 0) is 0 Å². The van der Waals surface area contributed by atoms with Gasteiger partial charge in [-0.1, -0.05) is 6.07 Å². The zero-order valence-corrected chi connectivity index (χ0v) is 16.1. The van der Waals surface area contributed by atoms with E-state index >= 15 is 0 Å². The summed E-state index contributed by atoms with van der Waals surface area (Å²) in [5.74, 6) is 0.644. The van der Waals surface area contributed by atoms with Crippen LogP contribution in [0.15, 0.2) is 54.9 Å². The van der Waals surface area contributed by atoms with Gasteiger partial charge in [0, 0.05) is 24.6 Å². The fourth-order valence-electron chi connectivity index (χ4n) is 2.85. The Kier molecular flexibility index (Phi) is 5.37. The van der Waals surface area contributed by atoms with Gasteiger partial charge in [-0.05, 0) is 67.6 Å². The van der Waals surface area contributed by atoms with Crippen molar-refractivity contribution in [2.24, 2.45) is 5.92 Å². The zero-order valence-electron chi connectivity index (χ0n) is 16.1. The second-order valence-corrected chi connectivity index (χ2v) is 7.25. The van der Waals surface area contributed by atoms with Crippen molar-refractivity contribution >= 4 is 28.9 Å². The molecule has 7 heteroatoms. The number of anilines is 4. The SMILES string of the molecule is Cc1ccc(NC(=O)c2cnc(NCC3CC3)nc2)c(Nc2ccc(F)cc2)c1. The molecule has 2 aromatic carbocycles. The number of nitrogens with zero attached hydrogens (tertiary/aromatic N) is 2. The number of aromatic nitrogens is 2. The average Bonchev–Trinajstić information content (AvgIpc) is 3.55. The first-order valence-corrected chi connectivity index (χ1v) is 9.57. The Morgan fingerprint density at radius 1 is 1.07 bits per heavy atom. The molecule has 148 valence electrons. The maximum absolute atomic E-state index is 13.1. The van der Waals surface area contributed by atoms with Crippen LogP contribution in [-0.4, -0.2) is 22.4 Å². The Balaban J connectivity index is 1.46. The summed E-state index contributed by atoms with van der Waals surface area (Å²) in [7, 11) is 0. The van der Waals surface area contributed by atoms with Crippen molar-refractivity contribution < 1.29 is 9.18 Å². The summed E-state index contributed by atoms with van der Waals surface area (Å²) >= 11 is 0. The van der Waals surface area contributed by atoms with E-state index in [4.69, 9.17) is 0 Å². The molecule has 1 amide bonds. The summed E-state index contributed by atoms with van der Waals surface area (Å²) in [6.45, 7) is 2.83. The second-order valence-electron chi connectivity index (χ2n) is 7.25. The fourth-order valence-corrected chi connectivity index (χ4v) is 2.85. The van der Waals surface area contributed by atoms with E-state index in [0.29, 0.717) is 22.9 Å². The predicted molar refractivity (Wildman–Crippen MR) is 112 cm³/mol. The molecule has 1 fully saturated rings. The molecule has 3 aromatic rings. The van der Waals surface area contributed by atoms with E-state index in [0.717, 1.165) is 23.7 Å². The first-order chi connectivity index (χ1) is 14.1. The van der Waals surface area contributed by atoms with Crippen LogP contribution < -0.4 is 16.0 Å². The van der Waals surface area contributed by atoms with Gasteiger partial charge in [0.15, 0.2) is 0 Å². The van der Waals surface area contributed by atoms with Gasteiger partial charge < -0.3 is 16.0 Å². The summed E-state index contributed by atoms with van der Waals surface area (Å²) in [4.78, 5) is 21.1. The number of halogens is 1. The number of nitrogens with one attached hydrogen (secondary N) is 3. The Morgan fingerprint density at radius 3 is 2.48 bits per heavy atom. The van der Waals surface area contributed by atoms with Crippen LogP contribution in [0.2, 0.25) is 0 Å². The Morgan fingerprint density at radius 2 is 1.79 bits per heavy atom. The second kappa shape index (κ2) is 8.26. The van der Waals surface area contributed by atoms with E-state index in [1.807, 2.05) is 25.1 Å². The van der Waals surface area contributed by atoms with Gasteiger partial charge in [-0.2, -0.15) is 0 Å². The van der Waals surface area contributed by atoms with Crippen LogP contribution in [0.3, 0.4) is 0 Å². The van der Waals surface area contributed by atoms with Gasteiger partial charge in [0.05, 0.1) is 16.9 Å². The quantitative estimate of drug-likeness (QED) is 0.542. The van der Waals surface area contributed by atoms with Crippen LogP contribution in [0.5, 0.6) is 0 Å². The molecule has 0 saturated heterocycles. The minimum atomic E-state index is -0.302. The Bertz CT molecular complexity index is 1000. The van der Waals surface area contributed by atoms with Crippen LogP contribution in [0.4, 0.5) is 27.4 Å². The van der Waals surface area contributed by atoms with Gasteiger partial charge >= 0.3 is 0 Å². The number of aryl methyl sites for hydroxylation is 1. The summed E-state index contributed by atoms with van der Waals surface area (Å²) in [5.41, 5.74) is 3.45. The van der Waals surface area contributed by atoms with Crippen LogP contribution in [0.25, 0.3) is 0 Å². The molecule has 29 heavy (non-hydrogen) atoms. The van der Waals surface area contributed by atoms with E-state index in [-0.39, 0.29) is 11.7 Å². The van der Waals surface area contributed by atoms with Crippen molar-refractivity contribution in [3.8, 4) is 0 Å². The summed E-state index contributed by atoms with van der Waals surface area (Å²) in [6.07, 6.45) is 5.52. The molecule has 6 nitrogen and oxygen atoms in total. The number of amides is 1. The topological polar surface area (TPSA) is 78.9 Å². The smallest absolute Gasteiger partial charge is 0.258 e. The van der Waals surface area contributed by atoms with E-state index in [9.17, 15) is 9.18 Å². The first-order valence-electron chi connectivity index (χ1n) is 9.57. The summed E-state index contributed by atoms with van der Waals surface area (Å²) in [6, 6.07) is 11.7. The molecule has 4 rings (SSSR count). The molecular weight excluding hydrogens is 369 g/mol. The highest BCUT2D eigenvalue weighted by Gasteiger charge is 2.21. The van der Waals surface area contributed by atoms with Gasteiger partial charge in [0.25, 0.3) is 5.91 Å². The van der Waals surface area contributed by atoms with Gasteiger partial charge in [-0.3, -0.25) is 4.79 Å². The molecule has 1 aromatic heterocycles. The number of carbonyl (C=O) groups excluding carboxylic acids is 1. The summed E-state index contributed by atoms with van der Waals surface area (Å²) in [5, 5.41) is 9.28. The van der Waals surface area contributed by atoms with E-state index in [1.54, 1.807) is 12.1 Å². The number of carbonyl (C=O) groups is 1. The van der Waals surface area contributed by atoms with E-state index < -0.39 is 0 Å². The summed E-state index contributed by atoms with van der Waals surface area (Å²) < 4.78 is 13.1. The third-order valence-corrected chi connectivity index (χ3v) is 4.71. The first kappa shape index (κ1) is 18.9. The largest absolute Gasteiger partial charge is 0.354 e. The molecule has 0 atom stereocenters. The zero-order chi connectivity index (χ0) is 20.2. The lowest BCUT2D eigenvalue weighted by molar-refractivity contribution is 0.102. The molecule has 1 aliphatic carbocycles. The molecular formula is C22H22FN5O. The van der Waals surface area contributed by atoms with Gasteiger partial charge in [0.2, 0.25) is 5.95 Å². The highest BCUT2D eigenvalue weighted by atomic mass is 19.1. The van der Waals surface area contributed by atoms with Crippen LogP contribution >= 0.6 is 0 Å². The average molecular weight is 391 g/mol. The molecule has 3 N–H and O–H groups in total. The third kappa shape index (κ3) is 5.07. The Hall–Kier alpha value is -3.48. The van der Waals surface area contributed by atoms with Gasteiger partial charge in [-0.15, -0.1) is 0 Å². The van der Waals surface area contributed by atoms with Crippen molar-refractivity contribution in [1.29, 1.82) is 0 Å². The minimum Gasteiger partial charge on any atom is -0.354 e. The van der Waals surface area contributed by atoms with Crippen molar-refractivity contribution in [3.63, 3.8) is 0 Å². The molecule has 0 unspecified atom stereocenters. The highest BCUT2D eigenvalue weighted by molar-refractivity contribution is 6.05. The standard InChI is InChI=1S/C22H22FN5O/c1-14-2-9-19(20(10-14)27-18-7-5-17(23)6-8-18)28-21(29)16-12-25-22(26-13-16)24-11-15-3-4-15/h2,5-10,12-13,15,27H,3-4,11H2,1H3,(H,28,29)(H,24,25,26). The number of hydrogen-bond donors (Lipinski definition) is 3. The number of rotatable bonds is 7. The third-order valence-electron chi connectivity index (χ3n) is 4.71. The molecule has 1 saturated carbocycles. The number of benzene rings is 2. The fraction of sp³-hybridized carbons (Fsp3) is 0.227. The molecule has 0 bridgehead atoms. The number of hydrogen-bond acceptors (Lipinski definition) is 5. The van der Waals surface area contributed by atoms with Crippen molar-refractivity contribution in [1.82, 2.24) is 9.97 Å². The normalized spacial score (nSPS) is 13.0. The molecule has 0 radical (unpaired) electrons. The lowest BCUT2D eigenvalue weighted by Crippen LogP contribution is -2.15. The Labute approximate surface area is 168 Å². The lowest BCUT2D eigenvalue weighted by atomic mass is 10.1.